The summed E-state index contributed by atoms with van der Waals surface area (Å²) < 4.78 is 12.4. The number of nitrogens with zero attached hydrogens (tertiary/aromatic N) is 1. The minimum atomic E-state index is -0.132. The van der Waals surface area contributed by atoms with Crippen LogP contribution in [0.1, 0.15) is 24.8 Å². The van der Waals surface area contributed by atoms with E-state index in [0.717, 1.165) is 33.1 Å². The van der Waals surface area contributed by atoms with Crippen molar-refractivity contribution in [3.63, 3.8) is 0 Å². The number of furan rings is 1. The molecule has 0 saturated heterocycles. The summed E-state index contributed by atoms with van der Waals surface area (Å²) in [6.07, 6.45) is 5.09. The predicted octanol–water partition coefficient (Wildman–Crippen LogP) is 4.45. The van der Waals surface area contributed by atoms with Gasteiger partial charge in [-0.05, 0) is 53.5 Å². The van der Waals surface area contributed by atoms with Gasteiger partial charge in [0.1, 0.15) is 5.76 Å². The van der Waals surface area contributed by atoms with Gasteiger partial charge in [0, 0.05) is 22.7 Å². The van der Waals surface area contributed by atoms with E-state index in [4.69, 9.17) is 14.9 Å². The Bertz CT molecular complexity index is 867. The molecule has 4 nitrogen and oxygen atoms in total. The first-order valence-electron chi connectivity index (χ1n) is 7.63. The third-order valence-corrected chi connectivity index (χ3v) is 5.74. The topological polar surface area (TPSA) is 61.3 Å². The smallest absolute Gasteiger partial charge is 0.258 e. The third kappa shape index (κ3) is 2.33. The maximum Gasteiger partial charge on any atom is 0.258 e. The molecule has 4 rings (SSSR count). The number of ether oxygens (including phenoxy) is 1. The molecule has 1 aliphatic carbocycles. The van der Waals surface area contributed by atoms with Gasteiger partial charge in [-0.15, -0.1) is 0 Å². The Morgan fingerprint density at radius 3 is 2.57 bits per heavy atom. The predicted molar refractivity (Wildman–Crippen MR) is 98.4 cm³/mol. The Hall–Kier alpha value is -1.60. The minimum Gasteiger partial charge on any atom is -0.478 e. The molecule has 0 spiro atoms. The summed E-state index contributed by atoms with van der Waals surface area (Å²) in [5, 5.41) is 1.02. The van der Waals surface area contributed by atoms with Gasteiger partial charge in [-0.1, -0.05) is 24.3 Å². The van der Waals surface area contributed by atoms with Gasteiger partial charge in [0.25, 0.3) is 5.88 Å². The molecule has 2 aromatic heterocycles. The highest BCUT2D eigenvalue weighted by Gasteiger charge is 2.34. The van der Waals surface area contributed by atoms with Crippen LogP contribution >= 0.6 is 22.6 Å². The molecular weight excluding hydrogens is 403 g/mol. The van der Waals surface area contributed by atoms with Crippen molar-refractivity contribution in [3.05, 3.63) is 45.7 Å². The zero-order valence-corrected chi connectivity index (χ0v) is 15.0. The van der Waals surface area contributed by atoms with Gasteiger partial charge < -0.3 is 14.9 Å². The van der Waals surface area contributed by atoms with Crippen LogP contribution in [0.15, 0.2) is 40.9 Å². The van der Waals surface area contributed by atoms with Crippen molar-refractivity contribution in [2.75, 3.05) is 7.11 Å². The summed E-state index contributed by atoms with van der Waals surface area (Å²) in [5.41, 5.74) is 9.20. The van der Waals surface area contributed by atoms with Crippen molar-refractivity contribution in [1.29, 1.82) is 0 Å². The van der Waals surface area contributed by atoms with E-state index in [1.807, 2.05) is 6.07 Å². The molecule has 0 radical (unpaired) electrons. The van der Waals surface area contributed by atoms with E-state index in [1.54, 1.807) is 13.3 Å². The van der Waals surface area contributed by atoms with Gasteiger partial charge in [-0.25, -0.2) is 4.98 Å². The van der Waals surface area contributed by atoms with Crippen LogP contribution in [0.4, 0.5) is 0 Å². The van der Waals surface area contributed by atoms with E-state index in [-0.39, 0.29) is 5.54 Å². The van der Waals surface area contributed by atoms with E-state index in [2.05, 4.69) is 51.8 Å². The molecule has 118 valence electrons. The lowest BCUT2D eigenvalue weighted by molar-refractivity contribution is 0.253. The van der Waals surface area contributed by atoms with Crippen LogP contribution in [-0.4, -0.2) is 12.1 Å². The zero-order valence-electron chi connectivity index (χ0n) is 12.8. The second kappa shape index (κ2) is 5.49. The van der Waals surface area contributed by atoms with Crippen molar-refractivity contribution >= 4 is 33.6 Å². The molecular formula is C18H17IN2O2. The van der Waals surface area contributed by atoms with Crippen LogP contribution < -0.4 is 10.5 Å². The molecule has 2 N–H and O–H groups in total. The molecule has 23 heavy (non-hydrogen) atoms. The normalized spacial score (nSPS) is 16.3. The Labute approximate surface area is 148 Å². The Morgan fingerprint density at radius 2 is 1.96 bits per heavy atom. The quantitative estimate of drug-likeness (QED) is 0.637. The van der Waals surface area contributed by atoms with Crippen LogP contribution in [0, 0.1) is 3.57 Å². The molecule has 1 fully saturated rings. The van der Waals surface area contributed by atoms with Crippen molar-refractivity contribution in [1.82, 2.24) is 4.98 Å². The van der Waals surface area contributed by atoms with Crippen molar-refractivity contribution in [2.45, 2.75) is 24.8 Å². The van der Waals surface area contributed by atoms with Crippen LogP contribution in [-0.2, 0) is 5.54 Å². The van der Waals surface area contributed by atoms with E-state index in [9.17, 15) is 0 Å². The number of pyridine rings is 1. The zero-order chi connectivity index (χ0) is 16.0. The third-order valence-electron chi connectivity index (χ3n) is 4.67. The number of fused-ring (bicyclic) bond motifs is 1. The molecule has 1 aromatic carbocycles. The van der Waals surface area contributed by atoms with Crippen molar-refractivity contribution in [3.8, 4) is 17.2 Å². The first-order valence-corrected chi connectivity index (χ1v) is 8.71. The summed E-state index contributed by atoms with van der Waals surface area (Å²) in [5.74, 6) is 1.36. The summed E-state index contributed by atoms with van der Waals surface area (Å²) in [7, 11) is 1.60. The summed E-state index contributed by atoms with van der Waals surface area (Å²) in [4.78, 5) is 4.20. The Balaban J connectivity index is 1.78. The van der Waals surface area contributed by atoms with Gasteiger partial charge in [0.05, 0.1) is 10.7 Å². The molecule has 0 bridgehead atoms. The Kier molecular flexibility index (Phi) is 3.57. The van der Waals surface area contributed by atoms with Crippen molar-refractivity contribution in [2.24, 2.45) is 5.73 Å². The number of nitrogens with two attached hydrogens (primary N) is 1. The maximum atomic E-state index is 6.39. The van der Waals surface area contributed by atoms with E-state index in [0.29, 0.717) is 11.5 Å². The number of hydrogen-bond donors (Lipinski definition) is 1. The lowest BCUT2D eigenvalue weighted by Crippen LogP contribution is -2.43. The fourth-order valence-electron chi connectivity index (χ4n) is 3.10. The van der Waals surface area contributed by atoms with Gasteiger partial charge >= 0.3 is 0 Å². The van der Waals surface area contributed by atoms with E-state index >= 15 is 0 Å². The first-order chi connectivity index (χ1) is 11.1. The van der Waals surface area contributed by atoms with Gasteiger partial charge in [-0.3, -0.25) is 0 Å². The number of hydrogen-bond acceptors (Lipinski definition) is 4. The average molecular weight is 420 g/mol. The highest BCUT2D eigenvalue weighted by Crippen LogP contribution is 2.41. The fraction of sp³-hybridized carbons (Fsp3) is 0.278. The highest BCUT2D eigenvalue weighted by atomic mass is 127. The summed E-state index contributed by atoms with van der Waals surface area (Å²) in [6, 6.07) is 10.4. The minimum absolute atomic E-state index is 0.132. The molecule has 1 saturated carbocycles. The summed E-state index contributed by atoms with van der Waals surface area (Å²) in [6.45, 7) is 0. The summed E-state index contributed by atoms with van der Waals surface area (Å²) >= 11 is 2.31. The Morgan fingerprint density at radius 1 is 1.22 bits per heavy atom. The lowest BCUT2D eigenvalue weighted by atomic mass is 9.73. The fourth-order valence-corrected chi connectivity index (χ4v) is 3.95. The van der Waals surface area contributed by atoms with E-state index in [1.165, 1.54) is 12.0 Å². The second-order valence-electron chi connectivity index (χ2n) is 6.03. The van der Waals surface area contributed by atoms with Crippen LogP contribution in [0.2, 0.25) is 0 Å². The highest BCUT2D eigenvalue weighted by molar-refractivity contribution is 14.1. The van der Waals surface area contributed by atoms with Crippen LogP contribution in [0.3, 0.4) is 0 Å². The molecule has 0 unspecified atom stereocenters. The average Bonchev–Trinajstić information content (AvgIpc) is 2.90. The molecule has 0 atom stereocenters. The second-order valence-corrected chi connectivity index (χ2v) is 7.11. The number of benzene rings is 1. The molecule has 0 aliphatic heterocycles. The van der Waals surface area contributed by atoms with Crippen molar-refractivity contribution < 1.29 is 9.15 Å². The van der Waals surface area contributed by atoms with Crippen LogP contribution in [0.5, 0.6) is 5.88 Å². The molecule has 5 heteroatoms. The number of halogens is 1. The number of rotatable bonds is 3. The SMILES string of the molecule is COc1nccc2c(I)c(-c3ccc(C4(N)CCC4)cc3)oc12. The maximum absolute atomic E-state index is 6.39. The molecule has 2 heterocycles. The van der Waals surface area contributed by atoms with E-state index < -0.39 is 0 Å². The first kappa shape index (κ1) is 15.0. The van der Waals surface area contributed by atoms with Crippen LogP contribution in [0.25, 0.3) is 22.3 Å². The molecule has 3 aromatic rings. The van der Waals surface area contributed by atoms with Gasteiger partial charge in [0.2, 0.25) is 0 Å². The largest absolute Gasteiger partial charge is 0.478 e. The monoisotopic (exact) mass is 420 g/mol. The number of aromatic nitrogens is 1. The van der Waals surface area contributed by atoms with Gasteiger partial charge in [0.15, 0.2) is 5.58 Å². The molecule has 1 aliphatic rings. The molecule has 0 amide bonds. The van der Waals surface area contributed by atoms with Gasteiger partial charge in [-0.2, -0.15) is 0 Å². The standard InChI is InChI=1S/C18H17IN2O2/c1-22-17-16-13(7-10-21-17)14(19)15(23-16)11-3-5-12(6-4-11)18(20)8-2-9-18/h3-7,10H,2,8-9,20H2,1H3. The number of methoxy groups -OCH3 is 1. The lowest BCUT2D eigenvalue weighted by Gasteiger charge is -2.38.